The van der Waals surface area contributed by atoms with Crippen LogP contribution in [0.25, 0.3) is 179 Å². The molecule has 14 aromatic rings. The second kappa shape index (κ2) is 19.9. The fourth-order valence-corrected chi connectivity index (χ4v) is 13.1. The molecule has 25 heteroatoms. The molecule has 4 aliphatic heterocycles. The Hall–Kier alpha value is -11.2. The number of hydrogen-bond donors (Lipinski definition) is 4. The van der Waals surface area contributed by atoms with Crippen LogP contribution in [0.1, 0.15) is 0 Å². The van der Waals surface area contributed by atoms with Crippen molar-refractivity contribution in [3.8, 4) is 91.1 Å². The molecule has 22 nitrogen and oxygen atoms in total. The molecule has 18 rings (SSSR count). The standard InChI is InChI=1S/2C32H18N8O3S.Ni/c2*41-44(42,43)23-15-7-14-22-24(23)32-39-30-21-13-6-5-12-20(21)28(37-30)35-26-17-9-2-1-8-16(17)25(33-26)34-27-18-10-3-4-11-19(18)29(36-27)38-31(22)40-32;/h2*1-15H,(H,41,42,43)(H2,33,34,35,36,37,38,39,40);/q;;+2/p-2. The Labute approximate surface area is 510 Å². The first kappa shape index (κ1) is 53.3. The maximum Gasteiger partial charge on any atom is 2.00 e. The Kier molecular flexibility index (Phi) is 11.9. The average molecular weight is 1250 g/mol. The summed E-state index contributed by atoms with van der Waals surface area (Å²) in [4.78, 5) is 70.4. The van der Waals surface area contributed by atoms with Gasteiger partial charge in [-0.25, -0.2) is 76.6 Å². The van der Waals surface area contributed by atoms with Crippen LogP contribution in [-0.4, -0.2) is 106 Å². The van der Waals surface area contributed by atoms with Gasteiger partial charge in [0.1, 0.15) is 65.4 Å². The molecule has 0 amide bonds. The summed E-state index contributed by atoms with van der Waals surface area (Å²) in [6, 6.07) is 54.7. The third kappa shape index (κ3) is 8.65. The number of hydrogen-bond acceptors (Lipinski definition) is 18. The third-order valence-electron chi connectivity index (χ3n) is 15.6. The molecule has 4 aliphatic rings. The van der Waals surface area contributed by atoms with Crippen molar-refractivity contribution in [2.75, 3.05) is 0 Å². The molecular weight excluding hydrogens is 1210 g/mol. The molecule has 89 heavy (non-hydrogen) atoms. The van der Waals surface area contributed by atoms with Crippen molar-refractivity contribution in [1.29, 1.82) is 0 Å². The number of aromatic nitrogens is 16. The first-order valence-corrected chi connectivity index (χ1v) is 30.0. The molecule has 0 radical (unpaired) electrons. The molecule has 8 aromatic carbocycles. The Balaban J connectivity index is 0.000000141. The molecule has 0 spiro atoms. The maximum absolute atomic E-state index is 12.4. The molecule has 4 N–H and O–H groups in total. The van der Waals surface area contributed by atoms with Gasteiger partial charge in [0.25, 0.3) is 0 Å². The summed E-state index contributed by atoms with van der Waals surface area (Å²) in [5, 5.41) is 4.49. The number of H-pyrrole nitrogens is 4. The van der Waals surface area contributed by atoms with E-state index in [-0.39, 0.29) is 38.6 Å². The van der Waals surface area contributed by atoms with Gasteiger partial charge in [-0.15, -0.1) is 0 Å². The van der Waals surface area contributed by atoms with Crippen molar-refractivity contribution in [3.63, 3.8) is 0 Å². The van der Waals surface area contributed by atoms with E-state index in [0.717, 1.165) is 54.9 Å². The summed E-state index contributed by atoms with van der Waals surface area (Å²) in [6.45, 7) is 0. The molecule has 6 aromatic heterocycles. The van der Waals surface area contributed by atoms with E-state index in [1.807, 2.05) is 146 Å². The summed E-state index contributed by atoms with van der Waals surface area (Å²) >= 11 is 0. The van der Waals surface area contributed by atoms with Crippen LogP contribution in [0.3, 0.4) is 0 Å². The maximum atomic E-state index is 12.4. The molecular formula is C64H34N16NiO6S2. The second-order valence-electron chi connectivity index (χ2n) is 20.8. The molecule has 0 atom stereocenters. The monoisotopic (exact) mass is 1240 g/mol. The van der Waals surface area contributed by atoms with Crippen molar-refractivity contribution in [3.05, 3.63) is 182 Å². The summed E-state index contributed by atoms with van der Waals surface area (Å²) in [5.41, 5.74) is 9.09. The number of fused-ring (bicyclic) bond motifs is 40. The first-order valence-electron chi connectivity index (χ1n) is 27.2. The molecule has 0 fully saturated rings. The molecule has 0 unspecified atom stereocenters. The van der Waals surface area contributed by atoms with Crippen LogP contribution in [0.15, 0.2) is 192 Å². The van der Waals surface area contributed by atoms with Gasteiger partial charge in [-0.2, -0.15) is 0 Å². The van der Waals surface area contributed by atoms with Crippen molar-refractivity contribution in [2.45, 2.75) is 9.79 Å². The molecule has 428 valence electrons. The number of nitrogens with zero attached hydrogens (tertiary/aromatic N) is 12. The van der Waals surface area contributed by atoms with Gasteiger partial charge in [0.15, 0.2) is 46.6 Å². The van der Waals surface area contributed by atoms with Gasteiger partial charge in [0.2, 0.25) is 0 Å². The fourth-order valence-electron chi connectivity index (χ4n) is 11.7. The predicted molar refractivity (Wildman–Crippen MR) is 328 cm³/mol. The Morgan fingerprint density at radius 1 is 0.236 bits per heavy atom. The zero-order valence-corrected chi connectivity index (χ0v) is 47.9. The van der Waals surface area contributed by atoms with Crippen molar-refractivity contribution in [1.82, 2.24) is 79.7 Å². The topological polar surface area (TPSA) is 332 Å². The van der Waals surface area contributed by atoms with Crippen LogP contribution in [0.2, 0.25) is 0 Å². The van der Waals surface area contributed by atoms with E-state index in [4.69, 9.17) is 59.8 Å². The zero-order chi connectivity index (χ0) is 59.2. The van der Waals surface area contributed by atoms with Crippen LogP contribution in [-0.2, 0) is 36.7 Å². The normalized spacial score (nSPS) is 12.2. The Morgan fingerprint density at radius 3 is 0.663 bits per heavy atom. The Morgan fingerprint density at radius 2 is 0.427 bits per heavy atom. The van der Waals surface area contributed by atoms with Crippen LogP contribution in [0, 0.1) is 0 Å². The third-order valence-corrected chi connectivity index (χ3v) is 17.4. The van der Waals surface area contributed by atoms with Gasteiger partial charge in [-0.3, -0.25) is 0 Å². The van der Waals surface area contributed by atoms with E-state index in [1.165, 1.54) is 24.3 Å². The van der Waals surface area contributed by atoms with Crippen LogP contribution < -0.4 is 0 Å². The van der Waals surface area contributed by atoms with Crippen LogP contribution >= 0.6 is 0 Å². The van der Waals surface area contributed by atoms with E-state index >= 15 is 0 Å². The summed E-state index contributed by atoms with van der Waals surface area (Å²) in [6.07, 6.45) is 0. The van der Waals surface area contributed by atoms with E-state index in [0.29, 0.717) is 102 Å². The van der Waals surface area contributed by atoms with Crippen LogP contribution in [0.4, 0.5) is 0 Å². The molecule has 0 saturated carbocycles. The van der Waals surface area contributed by atoms with E-state index in [9.17, 15) is 25.9 Å². The number of rotatable bonds is 2. The van der Waals surface area contributed by atoms with Gasteiger partial charge in [-0.05, 0) is 12.1 Å². The second-order valence-corrected chi connectivity index (χ2v) is 23.5. The minimum absolute atomic E-state index is 0. The van der Waals surface area contributed by atoms with Gasteiger partial charge in [0.05, 0.1) is 9.79 Å². The minimum atomic E-state index is -4.87. The average Bonchev–Trinajstić information content (AvgIpc) is 1.68. The van der Waals surface area contributed by atoms with E-state index in [1.54, 1.807) is 12.1 Å². The van der Waals surface area contributed by atoms with Crippen molar-refractivity contribution in [2.24, 2.45) is 0 Å². The van der Waals surface area contributed by atoms with Gasteiger partial charge >= 0.3 is 16.5 Å². The van der Waals surface area contributed by atoms with Crippen LogP contribution in [0.5, 0.6) is 0 Å². The fraction of sp³-hybridized carbons (Fsp3) is 0. The number of aromatic amines is 4. The summed E-state index contributed by atoms with van der Waals surface area (Å²) in [5.74, 6) is 3.09. The van der Waals surface area contributed by atoms with E-state index in [2.05, 4.69) is 19.9 Å². The van der Waals surface area contributed by atoms with Gasteiger partial charge in [-0.1, -0.05) is 170 Å². The SMILES string of the molecule is O=S(=O)([O-])c1cccc2c3nc4nc(nc5[nH]c(nc6nc(nc([nH]3)c12)-c1ccccc1-6)c1ccccc51)-c1ccccc1-4.O=S(=O)([O-])c1cccc2c3nc4nc(nc5[nH]c(nc6nc(nc([nH]3)c12)-c1ccccc1-6)c1ccccc51)-c1ccccc1-4.[Ni+2]. The molecule has 0 saturated heterocycles. The molecule has 0 aliphatic carbocycles. The number of nitrogens with one attached hydrogen (secondary N) is 4. The molecule has 10 heterocycles. The van der Waals surface area contributed by atoms with E-state index < -0.39 is 30.0 Å². The Bertz CT molecular complexity index is 5690. The summed E-state index contributed by atoms with van der Waals surface area (Å²) < 4.78 is 74.5. The van der Waals surface area contributed by atoms with Crippen molar-refractivity contribution >= 4 is 109 Å². The number of benzene rings is 8. The van der Waals surface area contributed by atoms with Crippen molar-refractivity contribution < 1.29 is 42.4 Å². The quantitative estimate of drug-likeness (QED) is 0.0922. The first-order chi connectivity index (χ1) is 42.8. The van der Waals surface area contributed by atoms with Gasteiger partial charge < -0.3 is 29.0 Å². The van der Waals surface area contributed by atoms with Gasteiger partial charge in [0, 0.05) is 87.6 Å². The minimum Gasteiger partial charge on any atom is -0.744 e. The summed E-state index contributed by atoms with van der Waals surface area (Å²) in [7, 11) is -9.73. The smallest absolute Gasteiger partial charge is 0.744 e. The zero-order valence-electron chi connectivity index (χ0n) is 45.3. The largest absolute Gasteiger partial charge is 2.00 e. The molecule has 16 bridgehead atoms. The predicted octanol–water partition coefficient (Wildman–Crippen LogP) is 11.5.